The molecule has 0 spiro atoms. The van der Waals surface area contributed by atoms with Gasteiger partial charge in [0.05, 0.1) is 14.4 Å². The third-order valence-corrected chi connectivity index (χ3v) is 5.38. The summed E-state index contributed by atoms with van der Waals surface area (Å²) in [7, 11) is 0. The summed E-state index contributed by atoms with van der Waals surface area (Å²) >= 11 is 7.54. The Labute approximate surface area is 126 Å². The molecule has 100 valence electrons. The second kappa shape index (κ2) is 5.64. The first-order valence-electron chi connectivity index (χ1n) is 4.79. The summed E-state index contributed by atoms with van der Waals surface area (Å²) in [5.41, 5.74) is -0.412. The average Bonchev–Trinajstić information content (AvgIpc) is 2.67. The van der Waals surface area contributed by atoms with Gasteiger partial charge in [-0.2, -0.15) is 0 Å². The number of halogens is 5. The molecule has 2 nitrogen and oxygen atoms in total. The molecule has 0 aliphatic carbocycles. The van der Waals surface area contributed by atoms with E-state index in [1.165, 1.54) is 6.07 Å². The highest BCUT2D eigenvalue weighted by Gasteiger charge is 2.16. The third kappa shape index (κ3) is 3.18. The van der Waals surface area contributed by atoms with Crippen LogP contribution in [0.3, 0.4) is 0 Å². The van der Waals surface area contributed by atoms with Crippen LogP contribution in [-0.4, -0.2) is 5.91 Å². The van der Waals surface area contributed by atoms with Crippen LogP contribution < -0.4 is 5.32 Å². The zero-order valence-electron chi connectivity index (χ0n) is 8.94. The van der Waals surface area contributed by atoms with Gasteiger partial charge in [-0.3, -0.25) is 4.79 Å². The van der Waals surface area contributed by atoms with Crippen LogP contribution in [0.25, 0.3) is 0 Å². The summed E-state index contributed by atoms with van der Waals surface area (Å²) in [5, 5.41) is 2.18. The van der Waals surface area contributed by atoms with Crippen LogP contribution >= 0.6 is 43.2 Å². The number of hydrogen-bond acceptors (Lipinski definition) is 2. The van der Waals surface area contributed by atoms with Gasteiger partial charge >= 0.3 is 0 Å². The second-order valence-corrected chi connectivity index (χ2v) is 6.66. The molecule has 0 radical (unpaired) electrons. The lowest BCUT2D eigenvalue weighted by molar-refractivity contribution is 0.103. The van der Waals surface area contributed by atoms with Gasteiger partial charge in [0.25, 0.3) is 5.91 Å². The fourth-order valence-corrected chi connectivity index (χ4v) is 3.19. The van der Waals surface area contributed by atoms with Gasteiger partial charge in [0.2, 0.25) is 0 Å². The van der Waals surface area contributed by atoms with E-state index < -0.39 is 29.0 Å². The van der Waals surface area contributed by atoms with Crippen LogP contribution in [0.15, 0.2) is 26.5 Å². The molecule has 0 unspecified atom stereocenters. The van der Waals surface area contributed by atoms with Crippen molar-refractivity contribution in [1.82, 2.24) is 0 Å². The number of amides is 1. The Kier molecular flexibility index (Phi) is 4.32. The molecule has 8 heteroatoms. The van der Waals surface area contributed by atoms with Gasteiger partial charge in [0.1, 0.15) is 5.82 Å². The van der Waals surface area contributed by atoms with Crippen molar-refractivity contribution in [3.63, 3.8) is 0 Å². The van der Waals surface area contributed by atoms with Crippen molar-refractivity contribution >= 4 is 54.8 Å². The van der Waals surface area contributed by atoms with E-state index in [0.717, 1.165) is 11.3 Å². The Morgan fingerprint density at radius 1 is 1.05 bits per heavy atom. The van der Waals surface area contributed by atoms with Gasteiger partial charge in [-0.25, -0.2) is 13.2 Å². The van der Waals surface area contributed by atoms with E-state index in [0.29, 0.717) is 25.3 Å². The first kappa shape index (κ1) is 14.5. The molecule has 0 bridgehead atoms. The molecule has 1 N–H and O–H groups in total. The maximum atomic E-state index is 13.4. The van der Waals surface area contributed by atoms with Gasteiger partial charge in [0, 0.05) is 16.6 Å². The number of rotatable bonds is 2. The van der Waals surface area contributed by atoms with E-state index in [4.69, 9.17) is 0 Å². The Balaban J connectivity index is 2.26. The van der Waals surface area contributed by atoms with Crippen molar-refractivity contribution in [3.05, 3.63) is 48.8 Å². The first-order valence-corrected chi connectivity index (χ1v) is 7.19. The van der Waals surface area contributed by atoms with Crippen LogP contribution in [0, 0.1) is 17.5 Å². The highest BCUT2D eigenvalue weighted by Crippen LogP contribution is 2.32. The maximum Gasteiger partial charge on any atom is 0.265 e. The largest absolute Gasteiger partial charge is 0.319 e. The van der Waals surface area contributed by atoms with E-state index >= 15 is 0 Å². The minimum Gasteiger partial charge on any atom is -0.319 e. The van der Waals surface area contributed by atoms with Crippen LogP contribution in [0.4, 0.5) is 18.9 Å². The molecule has 2 rings (SSSR count). The van der Waals surface area contributed by atoms with Crippen molar-refractivity contribution in [2.24, 2.45) is 0 Å². The molecule has 1 heterocycles. The summed E-state index contributed by atoms with van der Waals surface area (Å²) in [5.74, 6) is -4.19. The van der Waals surface area contributed by atoms with Crippen LogP contribution in [0.2, 0.25) is 0 Å². The molecule has 2 aromatic rings. The van der Waals surface area contributed by atoms with Crippen molar-refractivity contribution < 1.29 is 18.0 Å². The SMILES string of the molecule is O=C(Nc1cc(F)c(F)cc1F)c1cc(Br)c(Br)s1. The highest BCUT2D eigenvalue weighted by atomic mass is 79.9. The summed E-state index contributed by atoms with van der Waals surface area (Å²) in [6.07, 6.45) is 0. The van der Waals surface area contributed by atoms with Crippen LogP contribution in [0.5, 0.6) is 0 Å². The third-order valence-electron chi connectivity index (χ3n) is 2.13. The monoisotopic (exact) mass is 413 g/mol. The minimum atomic E-state index is -1.31. The molecule has 19 heavy (non-hydrogen) atoms. The molecule has 0 atom stereocenters. The summed E-state index contributed by atoms with van der Waals surface area (Å²) < 4.78 is 40.4. The lowest BCUT2D eigenvalue weighted by atomic mass is 10.2. The van der Waals surface area contributed by atoms with Gasteiger partial charge in [-0.05, 0) is 37.9 Å². The Hall–Kier alpha value is -0.860. The molecule has 1 aromatic carbocycles. The fraction of sp³-hybridized carbons (Fsp3) is 0. The van der Waals surface area contributed by atoms with Gasteiger partial charge in [-0.1, -0.05) is 0 Å². The normalized spacial score (nSPS) is 10.6. The zero-order valence-corrected chi connectivity index (χ0v) is 12.9. The molecule has 1 aromatic heterocycles. The van der Waals surface area contributed by atoms with E-state index in [2.05, 4.69) is 37.2 Å². The fourth-order valence-electron chi connectivity index (χ4n) is 1.26. The van der Waals surface area contributed by atoms with Gasteiger partial charge in [-0.15, -0.1) is 11.3 Å². The van der Waals surface area contributed by atoms with E-state index in [-0.39, 0.29) is 0 Å². The molecule has 0 saturated heterocycles. The molecule has 0 fully saturated rings. The van der Waals surface area contributed by atoms with Crippen molar-refractivity contribution in [1.29, 1.82) is 0 Å². The highest BCUT2D eigenvalue weighted by molar-refractivity contribution is 9.13. The van der Waals surface area contributed by atoms with Gasteiger partial charge < -0.3 is 5.32 Å². The summed E-state index contributed by atoms with van der Waals surface area (Å²) in [6, 6.07) is 2.51. The smallest absolute Gasteiger partial charge is 0.265 e. The Morgan fingerprint density at radius 3 is 2.26 bits per heavy atom. The number of thiophene rings is 1. The Bertz CT molecular complexity index is 640. The zero-order chi connectivity index (χ0) is 14.2. The molecule has 0 aliphatic heterocycles. The molecular formula is C11H4Br2F3NOS. The molecule has 0 aliphatic rings. The maximum absolute atomic E-state index is 13.4. The average molecular weight is 415 g/mol. The predicted molar refractivity (Wildman–Crippen MR) is 74.0 cm³/mol. The number of anilines is 1. The van der Waals surface area contributed by atoms with E-state index in [9.17, 15) is 18.0 Å². The predicted octanol–water partition coefficient (Wildman–Crippen LogP) is 4.94. The lowest BCUT2D eigenvalue weighted by Crippen LogP contribution is -2.12. The number of carbonyl (C=O) groups is 1. The number of nitrogens with one attached hydrogen (secondary N) is 1. The lowest BCUT2D eigenvalue weighted by Gasteiger charge is -2.05. The van der Waals surface area contributed by atoms with Gasteiger partial charge in [0.15, 0.2) is 11.6 Å². The minimum absolute atomic E-state index is 0.294. The van der Waals surface area contributed by atoms with Crippen molar-refractivity contribution in [2.45, 2.75) is 0 Å². The molecule has 1 amide bonds. The van der Waals surface area contributed by atoms with E-state index in [1.54, 1.807) is 0 Å². The van der Waals surface area contributed by atoms with E-state index in [1.807, 2.05) is 0 Å². The quantitative estimate of drug-likeness (QED) is 0.692. The van der Waals surface area contributed by atoms with Crippen molar-refractivity contribution in [2.75, 3.05) is 5.32 Å². The second-order valence-electron chi connectivity index (χ2n) is 3.43. The Morgan fingerprint density at radius 2 is 1.68 bits per heavy atom. The summed E-state index contributed by atoms with van der Waals surface area (Å²) in [4.78, 5) is 12.1. The number of benzene rings is 1. The standard InChI is InChI=1S/C11H4Br2F3NOS/c12-4-1-9(19-10(4)13)11(18)17-8-3-6(15)5(14)2-7(8)16/h1-3H,(H,17,18). The van der Waals surface area contributed by atoms with Crippen LogP contribution in [-0.2, 0) is 0 Å². The van der Waals surface area contributed by atoms with Crippen molar-refractivity contribution in [3.8, 4) is 0 Å². The van der Waals surface area contributed by atoms with Crippen LogP contribution in [0.1, 0.15) is 9.67 Å². The number of carbonyl (C=O) groups excluding carboxylic acids is 1. The number of hydrogen-bond donors (Lipinski definition) is 1. The topological polar surface area (TPSA) is 29.1 Å². The molecule has 0 saturated carbocycles. The summed E-state index contributed by atoms with van der Waals surface area (Å²) in [6.45, 7) is 0. The first-order chi connectivity index (χ1) is 8.88. The molecular weight excluding hydrogens is 411 g/mol.